The van der Waals surface area contributed by atoms with Crippen molar-refractivity contribution in [3.8, 4) is 0 Å². The van der Waals surface area contributed by atoms with Crippen LogP contribution in [0.1, 0.15) is 17.9 Å². The molecule has 1 aromatic rings. The van der Waals surface area contributed by atoms with Crippen molar-refractivity contribution in [1.29, 1.82) is 0 Å². The van der Waals surface area contributed by atoms with Crippen LogP contribution in [0.2, 0.25) is 0 Å². The number of aliphatic hydroxyl groups is 1. The van der Waals surface area contributed by atoms with Gasteiger partial charge in [-0.05, 0) is 12.1 Å². The molecule has 1 aliphatic heterocycles. The van der Waals surface area contributed by atoms with Gasteiger partial charge in [0.2, 0.25) is 11.7 Å². The van der Waals surface area contributed by atoms with Gasteiger partial charge in [-0.3, -0.25) is 4.79 Å². The molecule has 0 unspecified atom stereocenters. The van der Waals surface area contributed by atoms with Crippen molar-refractivity contribution in [1.82, 2.24) is 15.5 Å². The van der Waals surface area contributed by atoms with E-state index >= 15 is 0 Å². The molecule has 2 rings (SSSR count). The Morgan fingerprint density at radius 1 is 1.38 bits per heavy atom. The van der Waals surface area contributed by atoms with Crippen LogP contribution in [0.15, 0.2) is 16.5 Å². The molecule has 2 heterocycles. The smallest absolute Gasteiger partial charge is 0.449 e. The van der Waals surface area contributed by atoms with Crippen LogP contribution in [0, 0.1) is 5.92 Å². The molecule has 0 saturated carbocycles. The van der Waals surface area contributed by atoms with Gasteiger partial charge in [0.1, 0.15) is 5.76 Å². The highest BCUT2D eigenvalue weighted by atomic mass is 19.4. The number of nitrogens with zero attached hydrogens (tertiary/aromatic N) is 1. The standard InChI is InChI=1S/C14H18F3N3O4/c1-18-12(22)4-8-6-20(7-10(8)21)13(23)19-5-9-2-3-11(24-9)14(15,16)17/h2-3,8,10,21H,4-7H2,1H3,(H,18,22)(H,19,23)/t8-,10-/m1/s1. The number of alkyl halides is 3. The lowest BCUT2D eigenvalue weighted by atomic mass is 10.0. The van der Waals surface area contributed by atoms with Crippen molar-refractivity contribution in [3.63, 3.8) is 0 Å². The van der Waals surface area contributed by atoms with Gasteiger partial charge in [0.15, 0.2) is 0 Å². The lowest BCUT2D eigenvalue weighted by Crippen LogP contribution is -2.38. The van der Waals surface area contributed by atoms with Crippen molar-refractivity contribution in [2.75, 3.05) is 20.1 Å². The summed E-state index contributed by atoms with van der Waals surface area (Å²) in [7, 11) is 1.48. The minimum atomic E-state index is -4.58. The van der Waals surface area contributed by atoms with E-state index in [0.717, 1.165) is 12.1 Å². The molecular formula is C14H18F3N3O4. The van der Waals surface area contributed by atoms with Gasteiger partial charge in [-0.15, -0.1) is 0 Å². The SMILES string of the molecule is CNC(=O)C[C@@H]1CN(C(=O)NCc2ccc(C(F)(F)F)o2)C[C@H]1O. The Kier molecular flexibility index (Phi) is 5.37. The highest BCUT2D eigenvalue weighted by molar-refractivity contribution is 5.77. The number of hydrogen-bond acceptors (Lipinski definition) is 4. The number of amides is 3. The zero-order chi connectivity index (χ0) is 17.9. The molecule has 1 fully saturated rings. The first-order valence-corrected chi connectivity index (χ1v) is 7.28. The summed E-state index contributed by atoms with van der Waals surface area (Å²) >= 11 is 0. The fraction of sp³-hybridized carbons (Fsp3) is 0.571. The van der Waals surface area contributed by atoms with Crippen LogP contribution >= 0.6 is 0 Å². The van der Waals surface area contributed by atoms with E-state index < -0.39 is 24.1 Å². The molecular weight excluding hydrogens is 331 g/mol. The molecule has 0 aliphatic carbocycles. The zero-order valence-electron chi connectivity index (χ0n) is 12.9. The van der Waals surface area contributed by atoms with Crippen molar-refractivity contribution in [3.05, 3.63) is 23.7 Å². The lowest BCUT2D eigenvalue weighted by Gasteiger charge is -2.16. The largest absolute Gasteiger partial charge is 0.455 e. The van der Waals surface area contributed by atoms with Gasteiger partial charge >= 0.3 is 12.2 Å². The molecule has 2 atom stereocenters. The van der Waals surface area contributed by atoms with Crippen molar-refractivity contribution < 1.29 is 32.3 Å². The van der Waals surface area contributed by atoms with Crippen LogP contribution in [0.5, 0.6) is 0 Å². The molecule has 1 aromatic heterocycles. The normalized spacial score (nSPS) is 21.0. The minimum Gasteiger partial charge on any atom is -0.455 e. The Morgan fingerprint density at radius 2 is 2.08 bits per heavy atom. The topological polar surface area (TPSA) is 94.8 Å². The van der Waals surface area contributed by atoms with Crippen molar-refractivity contribution in [2.45, 2.75) is 25.2 Å². The number of hydrogen-bond donors (Lipinski definition) is 3. The number of aliphatic hydroxyl groups excluding tert-OH is 1. The van der Waals surface area contributed by atoms with E-state index in [0.29, 0.717) is 0 Å². The second-order valence-electron chi connectivity index (χ2n) is 5.53. The molecule has 1 saturated heterocycles. The lowest BCUT2D eigenvalue weighted by molar-refractivity contribution is -0.153. The van der Waals surface area contributed by atoms with E-state index in [1.54, 1.807) is 0 Å². The Hall–Kier alpha value is -2.23. The third-order valence-electron chi connectivity index (χ3n) is 3.78. The summed E-state index contributed by atoms with van der Waals surface area (Å²) in [6.07, 6.45) is -5.31. The van der Waals surface area contributed by atoms with Crippen LogP contribution in [-0.4, -0.2) is 48.2 Å². The summed E-state index contributed by atoms with van der Waals surface area (Å²) < 4.78 is 41.9. The third kappa shape index (κ3) is 4.40. The maximum absolute atomic E-state index is 12.4. The van der Waals surface area contributed by atoms with Crippen molar-refractivity contribution in [2.24, 2.45) is 5.92 Å². The number of likely N-dealkylation sites (tertiary alicyclic amines) is 1. The third-order valence-corrected chi connectivity index (χ3v) is 3.78. The first-order chi connectivity index (χ1) is 11.2. The summed E-state index contributed by atoms with van der Waals surface area (Å²) in [4.78, 5) is 24.7. The van der Waals surface area contributed by atoms with Gasteiger partial charge in [-0.25, -0.2) is 4.79 Å². The summed E-state index contributed by atoms with van der Waals surface area (Å²) in [6.45, 7) is 0.0352. The van der Waals surface area contributed by atoms with Gasteiger partial charge in [0.25, 0.3) is 0 Å². The van der Waals surface area contributed by atoms with Gasteiger partial charge in [0, 0.05) is 32.5 Å². The van der Waals surface area contributed by atoms with Crippen molar-refractivity contribution >= 4 is 11.9 Å². The fourth-order valence-corrected chi connectivity index (χ4v) is 2.46. The first-order valence-electron chi connectivity index (χ1n) is 7.28. The summed E-state index contributed by atoms with van der Waals surface area (Å²) in [5, 5.41) is 14.8. The zero-order valence-corrected chi connectivity index (χ0v) is 12.9. The van der Waals surface area contributed by atoms with Crippen LogP contribution in [-0.2, 0) is 17.5 Å². The van der Waals surface area contributed by atoms with E-state index in [1.165, 1.54) is 11.9 Å². The fourth-order valence-electron chi connectivity index (χ4n) is 2.46. The second-order valence-corrected chi connectivity index (χ2v) is 5.53. The maximum atomic E-state index is 12.4. The quantitative estimate of drug-likeness (QED) is 0.754. The number of β-amino-alcohol motifs (C(OH)–C–C–N with tert-alkyl or cyclic N) is 1. The van der Waals surface area contributed by atoms with Crippen LogP contribution < -0.4 is 10.6 Å². The van der Waals surface area contributed by atoms with Crippen LogP contribution in [0.3, 0.4) is 0 Å². The molecule has 0 spiro atoms. The van der Waals surface area contributed by atoms with E-state index in [4.69, 9.17) is 0 Å². The Bertz CT molecular complexity index is 602. The number of carbonyl (C=O) groups excluding carboxylic acids is 2. The van der Waals surface area contributed by atoms with Gasteiger partial charge < -0.3 is 25.1 Å². The minimum absolute atomic E-state index is 0.0302. The number of carbonyl (C=O) groups is 2. The molecule has 0 bridgehead atoms. The van der Waals surface area contributed by atoms with E-state index in [-0.39, 0.29) is 43.6 Å². The van der Waals surface area contributed by atoms with Crippen LogP contribution in [0.4, 0.5) is 18.0 Å². The first kappa shape index (κ1) is 18.1. The molecule has 24 heavy (non-hydrogen) atoms. The highest BCUT2D eigenvalue weighted by Gasteiger charge is 2.36. The number of urea groups is 1. The predicted molar refractivity (Wildman–Crippen MR) is 75.7 cm³/mol. The molecule has 3 amide bonds. The van der Waals surface area contributed by atoms with Crippen LogP contribution in [0.25, 0.3) is 0 Å². The van der Waals surface area contributed by atoms with Gasteiger partial charge in [-0.2, -0.15) is 13.2 Å². The van der Waals surface area contributed by atoms with E-state index in [2.05, 4.69) is 15.1 Å². The Balaban J connectivity index is 1.85. The summed E-state index contributed by atoms with van der Waals surface area (Å²) in [5.41, 5.74) is 0. The Morgan fingerprint density at radius 3 is 2.67 bits per heavy atom. The average Bonchev–Trinajstić information content (AvgIpc) is 3.12. The average molecular weight is 349 g/mol. The molecule has 0 radical (unpaired) electrons. The number of furan rings is 1. The predicted octanol–water partition coefficient (Wildman–Crippen LogP) is 0.937. The molecule has 3 N–H and O–H groups in total. The molecule has 7 nitrogen and oxygen atoms in total. The number of halogens is 3. The second kappa shape index (κ2) is 7.12. The molecule has 1 aliphatic rings. The molecule has 134 valence electrons. The van der Waals surface area contributed by atoms with E-state index in [9.17, 15) is 27.9 Å². The monoisotopic (exact) mass is 349 g/mol. The number of nitrogens with one attached hydrogen (secondary N) is 2. The Labute approximate surface area is 135 Å². The summed E-state index contributed by atoms with van der Waals surface area (Å²) in [6, 6.07) is 1.38. The molecule has 10 heteroatoms. The number of rotatable bonds is 4. The highest BCUT2D eigenvalue weighted by Crippen LogP contribution is 2.30. The van der Waals surface area contributed by atoms with E-state index in [1.807, 2.05) is 0 Å². The van der Waals surface area contributed by atoms with Gasteiger partial charge in [-0.1, -0.05) is 0 Å². The maximum Gasteiger partial charge on any atom is 0.449 e. The summed E-state index contributed by atoms with van der Waals surface area (Å²) in [5.74, 6) is -1.78. The van der Waals surface area contributed by atoms with Gasteiger partial charge in [0.05, 0.1) is 12.6 Å². The molecule has 0 aromatic carbocycles.